The van der Waals surface area contributed by atoms with E-state index in [4.69, 9.17) is 9.47 Å². The van der Waals surface area contributed by atoms with Crippen LogP contribution >= 0.6 is 0 Å². The molecule has 0 aliphatic heterocycles. The number of halogens is 3. The number of methoxy groups -OCH3 is 2. The Morgan fingerprint density at radius 1 is 1.04 bits per heavy atom. The summed E-state index contributed by atoms with van der Waals surface area (Å²) in [5.41, 5.74) is 0.743. The fourth-order valence-electron chi connectivity index (χ4n) is 1.95. The predicted molar refractivity (Wildman–Crippen MR) is 89.9 cm³/mol. The summed E-state index contributed by atoms with van der Waals surface area (Å²) < 4.78 is 46.1. The first-order chi connectivity index (χ1) is 12.3. The molecule has 0 aliphatic carbocycles. The molecule has 9 heteroatoms. The molecule has 2 N–H and O–H groups in total. The molecule has 1 rings (SSSR count). The van der Waals surface area contributed by atoms with Crippen LogP contribution in [0, 0.1) is 0 Å². The smallest absolute Gasteiger partial charge is 0.471 e. The molecule has 0 saturated heterocycles. The molecule has 0 fully saturated rings. The Kier molecular flexibility index (Phi) is 8.47. The maximum atomic E-state index is 12.0. The van der Waals surface area contributed by atoms with Gasteiger partial charge >= 0.3 is 12.1 Å². The quantitative estimate of drug-likeness (QED) is 0.514. The number of unbranched alkanes of at least 4 members (excludes halogenated alkanes) is 1. The molecule has 0 saturated carbocycles. The van der Waals surface area contributed by atoms with Crippen LogP contribution in [0.25, 0.3) is 6.08 Å². The van der Waals surface area contributed by atoms with Gasteiger partial charge in [0.15, 0.2) is 11.5 Å². The molecule has 2 amide bonds. The van der Waals surface area contributed by atoms with E-state index >= 15 is 0 Å². The minimum absolute atomic E-state index is 0.101. The highest BCUT2D eigenvalue weighted by Crippen LogP contribution is 2.27. The summed E-state index contributed by atoms with van der Waals surface area (Å²) in [4.78, 5) is 22.3. The molecule has 144 valence electrons. The fourth-order valence-corrected chi connectivity index (χ4v) is 1.95. The van der Waals surface area contributed by atoms with E-state index in [0.717, 1.165) is 5.56 Å². The van der Waals surface area contributed by atoms with Crippen molar-refractivity contribution >= 4 is 17.9 Å². The second-order valence-electron chi connectivity index (χ2n) is 5.20. The summed E-state index contributed by atoms with van der Waals surface area (Å²) in [6.45, 7) is 0.187. The molecule has 0 heterocycles. The molecule has 1 aromatic carbocycles. The highest BCUT2D eigenvalue weighted by atomic mass is 19.4. The van der Waals surface area contributed by atoms with Crippen molar-refractivity contribution in [3.05, 3.63) is 29.8 Å². The number of ether oxygens (including phenoxy) is 2. The van der Waals surface area contributed by atoms with Gasteiger partial charge in [-0.15, -0.1) is 0 Å². The largest absolute Gasteiger partial charge is 0.493 e. The Morgan fingerprint density at radius 3 is 2.23 bits per heavy atom. The van der Waals surface area contributed by atoms with Crippen LogP contribution in [0.15, 0.2) is 24.3 Å². The minimum Gasteiger partial charge on any atom is -0.493 e. The second kappa shape index (κ2) is 10.3. The summed E-state index contributed by atoms with van der Waals surface area (Å²) in [7, 11) is 3.03. The average molecular weight is 374 g/mol. The zero-order chi connectivity index (χ0) is 19.6. The zero-order valence-electron chi connectivity index (χ0n) is 14.5. The molecule has 0 atom stereocenters. The van der Waals surface area contributed by atoms with Gasteiger partial charge in [0.25, 0.3) is 0 Å². The van der Waals surface area contributed by atoms with Crippen molar-refractivity contribution in [1.29, 1.82) is 0 Å². The number of alkyl halides is 3. The van der Waals surface area contributed by atoms with Crippen LogP contribution in [0.2, 0.25) is 0 Å². The molecule has 6 nitrogen and oxygen atoms in total. The number of benzene rings is 1. The monoisotopic (exact) mass is 374 g/mol. The summed E-state index contributed by atoms with van der Waals surface area (Å²) in [6, 6.07) is 5.19. The van der Waals surface area contributed by atoms with Crippen LogP contribution in [0.3, 0.4) is 0 Å². The van der Waals surface area contributed by atoms with Crippen molar-refractivity contribution in [3.8, 4) is 11.5 Å². The van der Waals surface area contributed by atoms with E-state index in [2.05, 4.69) is 5.32 Å². The van der Waals surface area contributed by atoms with Gasteiger partial charge in [0, 0.05) is 19.2 Å². The third-order valence-corrected chi connectivity index (χ3v) is 3.28. The molecule has 0 spiro atoms. The molecule has 0 aromatic heterocycles. The van der Waals surface area contributed by atoms with Crippen molar-refractivity contribution in [2.45, 2.75) is 19.0 Å². The van der Waals surface area contributed by atoms with Crippen molar-refractivity contribution in [1.82, 2.24) is 10.6 Å². The molecular formula is C17H21F3N2O4. The maximum Gasteiger partial charge on any atom is 0.471 e. The van der Waals surface area contributed by atoms with Crippen LogP contribution in [-0.2, 0) is 9.59 Å². The molecule has 1 aromatic rings. The van der Waals surface area contributed by atoms with Crippen LogP contribution < -0.4 is 20.1 Å². The lowest BCUT2D eigenvalue weighted by Crippen LogP contribution is -2.37. The first kappa shape index (κ1) is 21.3. The van der Waals surface area contributed by atoms with E-state index in [0.29, 0.717) is 24.3 Å². The van der Waals surface area contributed by atoms with Gasteiger partial charge in [-0.2, -0.15) is 13.2 Å². The van der Waals surface area contributed by atoms with Gasteiger partial charge in [0.1, 0.15) is 0 Å². The first-order valence-corrected chi connectivity index (χ1v) is 7.81. The molecule has 0 bridgehead atoms. The number of hydrogen-bond donors (Lipinski definition) is 2. The van der Waals surface area contributed by atoms with Crippen LogP contribution in [-0.4, -0.2) is 45.3 Å². The molecule has 0 unspecified atom stereocenters. The SMILES string of the molecule is COc1ccc(/C=C\C(=O)NCCCCNC(=O)C(F)(F)F)cc1OC. The van der Waals surface area contributed by atoms with E-state index in [9.17, 15) is 22.8 Å². The maximum absolute atomic E-state index is 12.0. The first-order valence-electron chi connectivity index (χ1n) is 7.81. The van der Waals surface area contributed by atoms with Crippen LogP contribution in [0.4, 0.5) is 13.2 Å². The number of carbonyl (C=O) groups excluding carboxylic acids is 2. The van der Waals surface area contributed by atoms with Gasteiger partial charge in [-0.3, -0.25) is 9.59 Å². The highest BCUT2D eigenvalue weighted by Gasteiger charge is 2.38. The van der Waals surface area contributed by atoms with Gasteiger partial charge in [-0.25, -0.2) is 0 Å². The topological polar surface area (TPSA) is 76.7 Å². The molecule has 0 radical (unpaired) electrons. The second-order valence-corrected chi connectivity index (χ2v) is 5.20. The van der Waals surface area contributed by atoms with Crippen molar-refractivity contribution in [2.75, 3.05) is 27.3 Å². The predicted octanol–water partition coefficient (Wildman–Crippen LogP) is 2.29. The Morgan fingerprint density at radius 2 is 1.65 bits per heavy atom. The third kappa shape index (κ3) is 7.45. The number of amides is 2. The molecule has 26 heavy (non-hydrogen) atoms. The van der Waals surface area contributed by atoms with Crippen molar-refractivity contribution in [3.63, 3.8) is 0 Å². The number of rotatable bonds is 9. The summed E-state index contributed by atoms with van der Waals surface area (Å²) in [6.07, 6.45) is -1.17. The third-order valence-electron chi connectivity index (χ3n) is 3.28. The minimum atomic E-state index is -4.87. The van der Waals surface area contributed by atoms with Crippen LogP contribution in [0.1, 0.15) is 18.4 Å². The highest BCUT2D eigenvalue weighted by molar-refractivity contribution is 5.91. The Balaban J connectivity index is 2.30. The Bertz CT molecular complexity index is 645. The van der Waals surface area contributed by atoms with Crippen LogP contribution in [0.5, 0.6) is 11.5 Å². The number of nitrogens with one attached hydrogen (secondary N) is 2. The van der Waals surface area contributed by atoms with Crippen molar-refractivity contribution < 1.29 is 32.2 Å². The van der Waals surface area contributed by atoms with E-state index in [1.807, 2.05) is 0 Å². The van der Waals surface area contributed by atoms with Gasteiger partial charge in [0.2, 0.25) is 5.91 Å². The van der Waals surface area contributed by atoms with E-state index in [-0.39, 0.29) is 19.0 Å². The Labute approximate surface area is 149 Å². The van der Waals surface area contributed by atoms with Gasteiger partial charge in [0.05, 0.1) is 14.2 Å². The normalized spacial score (nSPS) is 11.3. The standard InChI is InChI=1S/C17H21F3N2O4/c1-25-13-7-5-12(11-14(13)26-2)6-8-15(23)21-9-3-4-10-22-16(24)17(18,19)20/h5-8,11H,3-4,9-10H2,1-2H3,(H,21,23)(H,22,24)/b8-6-. The Hall–Kier alpha value is -2.71. The van der Waals surface area contributed by atoms with E-state index in [1.165, 1.54) is 20.3 Å². The average Bonchev–Trinajstić information content (AvgIpc) is 2.61. The lowest BCUT2D eigenvalue weighted by Gasteiger charge is -2.08. The fraction of sp³-hybridized carbons (Fsp3) is 0.412. The lowest BCUT2D eigenvalue weighted by molar-refractivity contribution is -0.173. The van der Waals surface area contributed by atoms with E-state index in [1.54, 1.807) is 29.6 Å². The summed E-state index contributed by atoms with van der Waals surface area (Å²) >= 11 is 0. The van der Waals surface area contributed by atoms with E-state index < -0.39 is 12.1 Å². The zero-order valence-corrected chi connectivity index (χ0v) is 14.5. The summed E-state index contributed by atoms with van der Waals surface area (Å²) in [5, 5.41) is 4.37. The lowest BCUT2D eigenvalue weighted by atomic mass is 10.2. The molecular weight excluding hydrogens is 353 g/mol. The van der Waals surface area contributed by atoms with Gasteiger partial charge in [-0.1, -0.05) is 6.07 Å². The van der Waals surface area contributed by atoms with Gasteiger partial charge in [-0.05, 0) is 36.6 Å². The number of hydrogen-bond acceptors (Lipinski definition) is 4. The molecule has 0 aliphatic rings. The summed E-state index contributed by atoms with van der Waals surface area (Å²) in [5.74, 6) is -1.18. The van der Waals surface area contributed by atoms with Crippen molar-refractivity contribution in [2.24, 2.45) is 0 Å². The number of carbonyl (C=O) groups is 2. The van der Waals surface area contributed by atoms with Gasteiger partial charge < -0.3 is 20.1 Å².